The van der Waals surface area contributed by atoms with Crippen molar-refractivity contribution in [2.45, 2.75) is 10.9 Å². The molecule has 2 aliphatic rings. The van der Waals surface area contributed by atoms with Crippen molar-refractivity contribution in [1.29, 1.82) is 0 Å². The lowest BCUT2D eigenvalue weighted by atomic mass is 10.2. The Morgan fingerprint density at radius 2 is 1.45 bits per heavy atom. The van der Waals surface area contributed by atoms with Gasteiger partial charge in [-0.25, -0.2) is 8.42 Å². The number of rotatable bonds is 7. The third-order valence-electron chi connectivity index (χ3n) is 5.94. The van der Waals surface area contributed by atoms with Gasteiger partial charge in [-0.15, -0.1) is 0 Å². The molecule has 0 spiro atoms. The molecule has 0 amide bonds. The molecule has 29 heavy (non-hydrogen) atoms. The van der Waals surface area contributed by atoms with Crippen LogP contribution < -0.4 is 0 Å². The largest absolute Gasteiger partial charge is 0.304 e. The van der Waals surface area contributed by atoms with Crippen molar-refractivity contribution in [3.63, 3.8) is 0 Å². The number of nitro benzene ring substituents is 1. The number of hydrogen-bond donors (Lipinski definition) is 0. The molecule has 0 aliphatic carbocycles. The van der Waals surface area contributed by atoms with Gasteiger partial charge in [0.25, 0.3) is 5.69 Å². The minimum absolute atomic E-state index is 0.0286. The van der Waals surface area contributed by atoms with Crippen LogP contribution in [-0.4, -0.2) is 118 Å². The minimum atomic E-state index is -3.54. The van der Waals surface area contributed by atoms with Crippen LogP contribution in [0, 0.1) is 10.1 Å². The van der Waals surface area contributed by atoms with Crippen LogP contribution in [-0.2, 0) is 9.84 Å². The highest BCUT2D eigenvalue weighted by Crippen LogP contribution is 2.20. The van der Waals surface area contributed by atoms with Crippen LogP contribution in [0.5, 0.6) is 0 Å². The molecule has 0 radical (unpaired) electrons. The smallest absolute Gasteiger partial charge is 0.269 e. The zero-order valence-corrected chi connectivity index (χ0v) is 18.1. The van der Waals surface area contributed by atoms with E-state index in [0.717, 1.165) is 58.9 Å². The fourth-order valence-electron chi connectivity index (χ4n) is 3.91. The third kappa shape index (κ3) is 5.95. The fourth-order valence-corrected chi connectivity index (χ4v) is 5.48. The molecule has 0 saturated carbocycles. The Hall–Kier alpha value is -1.59. The van der Waals surface area contributed by atoms with E-state index in [1.807, 2.05) is 0 Å². The van der Waals surface area contributed by atoms with Crippen molar-refractivity contribution in [3.05, 3.63) is 34.4 Å². The van der Waals surface area contributed by atoms with Gasteiger partial charge in [0.05, 0.1) is 15.6 Å². The number of hydrogen-bond acceptors (Lipinski definition) is 8. The Labute approximate surface area is 172 Å². The minimum Gasteiger partial charge on any atom is -0.304 e. The predicted molar refractivity (Wildman–Crippen MR) is 112 cm³/mol. The molecule has 9 nitrogen and oxygen atoms in total. The summed E-state index contributed by atoms with van der Waals surface area (Å²) in [7, 11) is 0.648. The van der Waals surface area contributed by atoms with Gasteiger partial charge in [-0.05, 0) is 26.2 Å². The molecule has 2 heterocycles. The van der Waals surface area contributed by atoms with Crippen LogP contribution >= 0.6 is 0 Å². The fraction of sp³-hybridized carbons (Fsp3) is 0.684. The van der Waals surface area contributed by atoms with E-state index in [4.69, 9.17) is 0 Å². The maximum absolute atomic E-state index is 13.1. The van der Waals surface area contributed by atoms with Crippen LogP contribution in [0.25, 0.3) is 0 Å². The first-order valence-corrected chi connectivity index (χ1v) is 11.7. The molecule has 0 bridgehead atoms. The van der Waals surface area contributed by atoms with Crippen LogP contribution in [0.1, 0.15) is 0 Å². The number of piperazine rings is 2. The van der Waals surface area contributed by atoms with Gasteiger partial charge in [0.15, 0.2) is 9.84 Å². The monoisotopic (exact) mass is 425 g/mol. The van der Waals surface area contributed by atoms with Gasteiger partial charge in [-0.1, -0.05) is 0 Å². The number of benzene rings is 1. The Balaban J connectivity index is 1.74. The normalized spacial score (nSPS) is 21.9. The molecule has 2 saturated heterocycles. The maximum atomic E-state index is 13.1. The summed E-state index contributed by atoms with van der Waals surface area (Å²) in [6, 6.07) is 5.14. The summed E-state index contributed by atoms with van der Waals surface area (Å²) in [6.45, 7) is 8.15. The molecule has 2 aliphatic heterocycles. The summed E-state index contributed by atoms with van der Waals surface area (Å²) in [4.78, 5) is 19.7. The average molecular weight is 426 g/mol. The zero-order valence-electron chi connectivity index (χ0n) is 17.2. The summed E-state index contributed by atoms with van der Waals surface area (Å²) in [5.41, 5.74) is -0.1000. The van der Waals surface area contributed by atoms with Crippen molar-refractivity contribution in [2.24, 2.45) is 0 Å². The van der Waals surface area contributed by atoms with Gasteiger partial charge in [-0.3, -0.25) is 19.9 Å². The molecule has 0 unspecified atom stereocenters. The number of nitro groups is 1. The van der Waals surface area contributed by atoms with Crippen molar-refractivity contribution < 1.29 is 13.3 Å². The Morgan fingerprint density at radius 1 is 0.931 bits per heavy atom. The van der Waals surface area contributed by atoms with Gasteiger partial charge >= 0.3 is 0 Å². The Morgan fingerprint density at radius 3 is 1.97 bits per heavy atom. The quantitative estimate of drug-likeness (QED) is 0.453. The second kappa shape index (κ2) is 9.48. The molecule has 10 heteroatoms. The highest BCUT2D eigenvalue weighted by Gasteiger charge is 2.30. The van der Waals surface area contributed by atoms with Crippen LogP contribution in [0.2, 0.25) is 0 Å². The summed E-state index contributed by atoms with van der Waals surface area (Å²) in [5, 5.41) is 10.9. The molecule has 2 fully saturated rings. The molecule has 1 aromatic carbocycles. The van der Waals surface area contributed by atoms with E-state index in [1.165, 1.54) is 24.3 Å². The van der Waals surface area contributed by atoms with E-state index in [0.29, 0.717) is 0 Å². The van der Waals surface area contributed by atoms with E-state index in [2.05, 4.69) is 33.7 Å². The van der Waals surface area contributed by atoms with E-state index >= 15 is 0 Å². The number of sulfone groups is 1. The van der Waals surface area contributed by atoms with Gasteiger partial charge < -0.3 is 9.80 Å². The van der Waals surface area contributed by atoms with E-state index in [9.17, 15) is 18.5 Å². The number of non-ortho nitro benzene ring substituents is 1. The molecule has 3 rings (SSSR count). The number of likely N-dealkylation sites (N-methyl/N-ethyl adjacent to an activating group) is 2. The van der Waals surface area contributed by atoms with E-state index < -0.39 is 14.8 Å². The van der Waals surface area contributed by atoms with Crippen LogP contribution in [0.4, 0.5) is 5.69 Å². The van der Waals surface area contributed by atoms with Gasteiger partial charge in [0, 0.05) is 77.1 Å². The summed E-state index contributed by atoms with van der Waals surface area (Å²) in [5.74, 6) is 0.0286. The SMILES string of the molecule is CN1CCN(C[C@@H](CS(=O)(=O)c2ccc([N+](=O)[O-])cc2)N2CCN(C)CC2)CC1. The molecule has 1 aromatic rings. The summed E-state index contributed by atoms with van der Waals surface area (Å²) in [6.07, 6.45) is 0. The molecular formula is C19H31N5O4S. The summed E-state index contributed by atoms with van der Waals surface area (Å²) < 4.78 is 26.2. The van der Waals surface area contributed by atoms with Crippen molar-refractivity contribution in [3.8, 4) is 0 Å². The molecule has 162 valence electrons. The van der Waals surface area contributed by atoms with E-state index in [1.54, 1.807) is 0 Å². The summed E-state index contributed by atoms with van der Waals surface area (Å²) >= 11 is 0. The van der Waals surface area contributed by atoms with Crippen molar-refractivity contribution in [2.75, 3.05) is 78.8 Å². The lowest BCUT2D eigenvalue weighted by molar-refractivity contribution is -0.384. The third-order valence-corrected chi connectivity index (χ3v) is 7.75. The predicted octanol–water partition coefficient (Wildman–Crippen LogP) is 0.232. The van der Waals surface area contributed by atoms with Crippen molar-refractivity contribution >= 4 is 15.5 Å². The van der Waals surface area contributed by atoms with Gasteiger partial charge in [0.2, 0.25) is 0 Å². The van der Waals surface area contributed by atoms with Crippen LogP contribution in [0.3, 0.4) is 0 Å². The van der Waals surface area contributed by atoms with Crippen LogP contribution in [0.15, 0.2) is 29.2 Å². The first kappa shape index (κ1) is 22.1. The number of nitrogens with zero attached hydrogens (tertiary/aromatic N) is 5. The highest BCUT2D eigenvalue weighted by molar-refractivity contribution is 7.91. The molecule has 0 N–H and O–H groups in total. The molecule has 1 atom stereocenters. The lowest BCUT2D eigenvalue weighted by Crippen LogP contribution is -2.56. The Bertz CT molecular complexity index is 785. The zero-order chi connectivity index (χ0) is 21.0. The standard InChI is InChI=1S/C19H31N5O4S/c1-20-7-11-22(12-8-20)15-18(23-13-9-21(2)10-14-23)16-29(27,28)19-5-3-17(4-6-19)24(25)26/h3-6,18H,7-16H2,1-2H3/t18-/m0/s1. The second-order valence-electron chi connectivity index (χ2n) is 8.13. The van der Waals surface area contributed by atoms with Crippen molar-refractivity contribution in [1.82, 2.24) is 19.6 Å². The second-order valence-corrected chi connectivity index (χ2v) is 10.2. The highest BCUT2D eigenvalue weighted by atomic mass is 32.2. The van der Waals surface area contributed by atoms with Gasteiger partial charge in [-0.2, -0.15) is 0 Å². The van der Waals surface area contributed by atoms with E-state index in [-0.39, 0.29) is 22.4 Å². The Kier molecular flexibility index (Phi) is 7.23. The molecular weight excluding hydrogens is 394 g/mol. The lowest BCUT2D eigenvalue weighted by Gasteiger charge is -2.41. The van der Waals surface area contributed by atoms with Gasteiger partial charge in [0.1, 0.15) is 0 Å². The first-order chi connectivity index (χ1) is 13.7. The molecule has 0 aromatic heterocycles. The average Bonchev–Trinajstić information content (AvgIpc) is 2.69. The maximum Gasteiger partial charge on any atom is 0.269 e. The topological polar surface area (TPSA) is 90.2 Å². The first-order valence-electron chi connectivity index (χ1n) is 10.1.